The molecule has 0 saturated carbocycles. The van der Waals surface area contributed by atoms with E-state index < -0.39 is 11.9 Å². The number of aliphatic hydroxyl groups excluding tert-OH is 1. The maximum absolute atomic E-state index is 13.0. The third-order valence-electron chi connectivity index (χ3n) is 2.32. The normalized spacial score (nSPS) is 12.3. The first-order valence-electron chi connectivity index (χ1n) is 4.89. The van der Waals surface area contributed by atoms with Crippen LogP contribution in [0.5, 0.6) is 0 Å². The van der Waals surface area contributed by atoms with Gasteiger partial charge in [0.05, 0.1) is 24.1 Å². The van der Waals surface area contributed by atoms with Crippen LogP contribution in [0.3, 0.4) is 0 Å². The highest BCUT2D eigenvalue weighted by molar-refractivity contribution is 9.10. The Hall–Kier alpha value is -0.980. The molecule has 1 atom stereocenters. The van der Waals surface area contributed by atoms with Crippen LogP contribution in [0.2, 0.25) is 0 Å². The zero-order valence-electron chi connectivity index (χ0n) is 9.48. The molecule has 0 saturated heterocycles. The minimum absolute atomic E-state index is 0.123. The van der Waals surface area contributed by atoms with Gasteiger partial charge in [-0.25, -0.2) is 9.45 Å². The Labute approximate surface area is 107 Å². The summed E-state index contributed by atoms with van der Waals surface area (Å²) in [5.41, 5.74) is 0.469. The summed E-state index contributed by atoms with van der Waals surface area (Å²) < 4.78 is 13.2. The lowest BCUT2D eigenvalue weighted by atomic mass is 10.1. The highest BCUT2D eigenvalue weighted by atomic mass is 79.9. The molecule has 1 aromatic carbocycles. The molecule has 1 N–H and O–H groups in total. The maximum Gasteiger partial charge on any atom is 0.248 e. The molecule has 94 valence electrons. The fourth-order valence-corrected chi connectivity index (χ4v) is 1.63. The molecule has 6 heteroatoms. The van der Waals surface area contributed by atoms with Crippen molar-refractivity contribution in [2.24, 2.45) is 0 Å². The first kappa shape index (κ1) is 14.1. The SMILES string of the molecule is CON(C)C(=O)CC(O)c1ccc(F)c(Br)c1. The van der Waals surface area contributed by atoms with Gasteiger partial charge < -0.3 is 5.11 Å². The summed E-state index contributed by atoms with van der Waals surface area (Å²) >= 11 is 3.02. The quantitative estimate of drug-likeness (QED) is 0.866. The van der Waals surface area contributed by atoms with E-state index in [1.807, 2.05) is 0 Å². The molecule has 17 heavy (non-hydrogen) atoms. The van der Waals surface area contributed by atoms with Crippen LogP contribution >= 0.6 is 15.9 Å². The highest BCUT2D eigenvalue weighted by Gasteiger charge is 2.17. The van der Waals surface area contributed by atoms with Gasteiger partial charge in [0, 0.05) is 7.05 Å². The Bertz CT molecular complexity index is 414. The summed E-state index contributed by atoms with van der Waals surface area (Å²) in [6, 6.07) is 4.11. The van der Waals surface area contributed by atoms with Gasteiger partial charge >= 0.3 is 0 Å². The van der Waals surface area contributed by atoms with E-state index in [1.54, 1.807) is 0 Å². The number of rotatable bonds is 4. The lowest BCUT2D eigenvalue weighted by Crippen LogP contribution is -2.26. The van der Waals surface area contributed by atoms with E-state index in [0.29, 0.717) is 5.56 Å². The van der Waals surface area contributed by atoms with E-state index in [1.165, 1.54) is 32.4 Å². The molecule has 1 rings (SSSR count). The van der Waals surface area contributed by atoms with Crippen LogP contribution < -0.4 is 0 Å². The first-order valence-corrected chi connectivity index (χ1v) is 5.68. The minimum atomic E-state index is -0.989. The lowest BCUT2D eigenvalue weighted by molar-refractivity contribution is -0.170. The standard InChI is InChI=1S/C11H13BrFNO3/c1-14(17-2)11(16)6-10(15)7-3-4-9(13)8(12)5-7/h3-5,10,15H,6H2,1-2H3. The largest absolute Gasteiger partial charge is 0.388 e. The molecule has 0 aromatic heterocycles. The molecule has 0 aliphatic carbocycles. The van der Waals surface area contributed by atoms with Gasteiger partial charge in [-0.05, 0) is 33.6 Å². The van der Waals surface area contributed by atoms with E-state index >= 15 is 0 Å². The molecule has 0 spiro atoms. The van der Waals surface area contributed by atoms with Crippen LogP contribution in [0, 0.1) is 5.82 Å². The summed E-state index contributed by atoms with van der Waals surface area (Å²) in [5.74, 6) is -0.776. The Balaban J connectivity index is 2.73. The number of amides is 1. The van der Waals surface area contributed by atoms with Gasteiger partial charge in [0.25, 0.3) is 0 Å². The molecular weight excluding hydrogens is 293 g/mol. The molecule has 1 unspecified atom stereocenters. The van der Waals surface area contributed by atoms with Crippen LogP contribution in [0.15, 0.2) is 22.7 Å². The predicted octanol–water partition coefficient (Wildman–Crippen LogP) is 2.03. The number of hydrogen-bond donors (Lipinski definition) is 1. The van der Waals surface area contributed by atoms with Crippen molar-refractivity contribution >= 4 is 21.8 Å². The molecule has 1 amide bonds. The first-order chi connectivity index (χ1) is 7.95. The average molecular weight is 306 g/mol. The number of hydroxylamine groups is 2. The number of benzene rings is 1. The molecule has 4 nitrogen and oxygen atoms in total. The molecule has 1 aromatic rings. The number of hydrogen-bond acceptors (Lipinski definition) is 3. The van der Waals surface area contributed by atoms with Crippen LogP contribution in [0.4, 0.5) is 4.39 Å². The van der Waals surface area contributed by atoms with Crippen molar-refractivity contribution in [3.05, 3.63) is 34.1 Å². The second kappa shape index (κ2) is 6.09. The fourth-order valence-electron chi connectivity index (χ4n) is 1.23. The zero-order chi connectivity index (χ0) is 13.0. The minimum Gasteiger partial charge on any atom is -0.388 e. The molecule has 0 fully saturated rings. The Kier molecular flexibility index (Phi) is 5.04. The summed E-state index contributed by atoms with van der Waals surface area (Å²) in [6.07, 6.45) is -1.11. The zero-order valence-corrected chi connectivity index (χ0v) is 11.1. The van der Waals surface area contributed by atoms with Crippen molar-refractivity contribution < 1.29 is 19.1 Å². The van der Waals surface area contributed by atoms with Crippen molar-refractivity contribution in [2.45, 2.75) is 12.5 Å². The highest BCUT2D eigenvalue weighted by Crippen LogP contribution is 2.23. The van der Waals surface area contributed by atoms with Crippen LogP contribution in [0.1, 0.15) is 18.1 Å². The topological polar surface area (TPSA) is 49.8 Å². The average Bonchev–Trinajstić information content (AvgIpc) is 2.31. The Morgan fingerprint density at radius 1 is 1.65 bits per heavy atom. The van der Waals surface area contributed by atoms with Gasteiger partial charge in [0.15, 0.2) is 0 Å². The van der Waals surface area contributed by atoms with E-state index in [2.05, 4.69) is 15.9 Å². The van der Waals surface area contributed by atoms with Gasteiger partial charge in [-0.2, -0.15) is 0 Å². The lowest BCUT2D eigenvalue weighted by Gasteiger charge is -2.16. The van der Waals surface area contributed by atoms with Gasteiger partial charge in [0.2, 0.25) is 5.91 Å². The summed E-state index contributed by atoms with van der Waals surface area (Å²) in [5, 5.41) is 10.8. The molecule has 0 bridgehead atoms. The summed E-state index contributed by atoms with van der Waals surface area (Å²) in [7, 11) is 2.81. The molecule has 0 radical (unpaired) electrons. The summed E-state index contributed by atoms with van der Waals surface area (Å²) in [6.45, 7) is 0. The van der Waals surface area contributed by atoms with Gasteiger partial charge in [-0.15, -0.1) is 0 Å². The molecule has 0 heterocycles. The molecular formula is C11H13BrFNO3. The van der Waals surface area contributed by atoms with Crippen LogP contribution in [0.25, 0.3) is 0 Å². The third kappa shape index (κ3) is 3.76. The fraction of sp³-hybridized carbons (Fsp3) is 0.364. The third-order valence-corrected chi connectivity index (χ3v) is 2.93. The van der Waals surface area contributed by atoms with E-state index in [0.717, 1.165) is 5.06 Å². The van der Waals surface area contributed by atoms with E-state index in [-0.39, 0.29) is 16.8 Å². The van der Waals surface area contributed by atoms with E-state index in [4.69, 9.17) is 4.84 Å². The number of halogens is 2. The van der Waals surface area contributed by atoms with Crippen molar-refractivity contribution in [3.63, 3.8) is 0 Å². The Morgan fingerprint density at radius 3 is 2.82 bits per heavy atom. The second-order valence-corrected chi connectivity index (χ2v) is 4.32. The second-order valence-electron chi connectivity index (χ2n) is 3.47. The maximum atomic E-state index is 13.0. The van der Waals surface area contributed by atoms with Crippen molar-refractivity contribution in [1.82, 2.24) is 5.06 Å². The van der Waals surface area contributed by atoms with Crippen LogP contribution in [-0.4, -0.2) is 30.2 Å². The number of carbonyl (C=O) groups excluding carboxylic acids is 1. The number of nitrogens with zero attached hydrogens (tertiary/aromatic N) is 1. The monoisotopic (exact) mass is 305 g/mol. The van der Waals surface area contributed by atoms with Crippen molar-refractivity contribution in [3.8, 4) is 0 Å². The predicted molar refractivity (Wildman–Crippen MR) is 63.5 cm³/mol. The van der Waals surface area contributed by atoms with Crippen molar-refractivity contribution in [1.29, 1.82) is 0 Å². The van der Waals surface area contributed by atoms with Crippen molar-refractivity contribution in [2.75, 3.05) is 14.2 Å². The van der Waals surface area contributed by atoms with Gasteiger partial charge in [-0.3, -0.25) is 9.63 Å². The van der Waals surface area contributed by atoms with Gasteiger partial charge in [-0.1, -0.05) is 6.07 Å². The number of carbonyl (C=O) groups is 1. The molecule has 0 aliphatic heterocycles. The van der Waals surface area contributed by atoms with E-state index in [9.17, 15) is 14.3 Å². The summed E-state index contributed by atoms with van der Waals surface area (Å²) in [4.78, 5) is 16.2. The molecule has 0 aliphatic rings. The Morgan fingerprint density at radius 2 is 2.29 bits per heavy atom. The van der Waals surface area contributed by atoms with Crippen LogP contribution in [-0.2, 0) is 9.63 Å². The van der Waals surface area contributed by atoms with Gasteiger partial charge in [0.1, 0.15) is 5.82 Å². The smallest absolute Gasteiger partial charge is 0.248 e. The number of aliphatic hydroxyl groups is 1.